The number of aryl methyl sites for hydroxylation is 1. The summed E-state index contributed by atoms with van der Waals surface area (Å²) in [6.45, 7) is 1.67. The minimum atomic E-state index is -5.88. The van der Waals surface area contributed by atoms with Gasteiger partial charge in [0, 0.05) is 18.1 Å². The lowest BCUT2D eigenvalue weighted by Crippen LogP contribution is -2.29. The summed E-state index contributed by atoms with van der Waals surface area (Å²) in [5.41, 5.74) is -2.90. The van der Waals surface area contributed by atoms with Gasteiger partial charge in [0.05, 0.1) is 15.9 Å². The Balaban J connectivity index is 1.38. The molecule has 1 N–H and O–H groups in total. The van der Waals surface area contributed by atoms with Crippen molar-refractivity contribution < 1.29 is 39.3 Å². The lowest BCUT2D eigenvalue weighted by atomic mass is 10.1. The molecule has 0 radical (unpaired) electrons. The number of aliphatic hydroxyl groups excluding tert-OH is 1. The van der Waals surface area contributed by atoms with Crippen LogP contribution in [0.2, 0.25) is 5.02 Å². The summed E-state index contributed by atoms with van der Waals surface area (Å²) in [6, 6.07) is 26.9. The second-order valence-corrected chi connectivity index (χ2v) is 13.9. The highest BCUT2D eigenvalue weighted by molar-refractivity contribution is 7.91. The van der Waals surface area contributed by atoms with Gasteiger partial charge in [-0.05, 0) is 84.6 Å². The van der Waals surface area contributed by atoms with Crippen LogP contribution in [0.4, 0.5) is 13.2 Å². The molecule has 4 aromatic carbocycles. The zero-order valence-electron chi connectivity index (χ0n) is 23.2. The molecule has 0 aliphatic rings. The fourth-order valence-corrected chi connectivity index (χ4v) is 6.39. The van der Waals surface area contributed by atoms with E-state index in [1.165, 1.54) is 12.1 Å². The van der Waals surface area contributed by atoms with Crippen LogP contribution in [0.1, 0.15) is 29.2 Å². The van der Waals surface area contributed by atoms with Gasteiger partial charge in [-0.3, -0.25) is 4.90 Å². The summed E-state index contributed by atoms with van der Waals surface area (Å²) in [7, 11) is -9.90. The summed E-state index contributed by atoms with van der Waals surface area (Å²) in [5.74, 6) is -0.669. The van der Waals surface area contributed by atoms with E-state index in [1.807, 2.05) is 36.4 Å². The van der Waals surface area contributed by atoms with Gasteiger partial charge in [-0.25, -0.2) is 8.42 Å². The molecule has 0 saturated carbocycles. The number of sulfone groups is 1. The van der Waals surface area contributed by atoms with Crippen molar-refractivity contribution in [2.45, 2.75) is 40.8 Å². The van der Waals surface area contributed by atoms with E-state index in [2.05, 4.69) is 9.08 Å². The normalized spacial score (nSPS) is 13.1. The van der Waals surface area contributed by atoms with Gasteiger partial charge < -0.3 is 9.29 Å². The third-order valence-electron chi connectivity index (χ3n) is 6.71. The molecule has 0 amide bonds. The van der Waals surface area contributed by atoms with E-state index in [4.69, 9.17) is 11.6 Å². The fourth-order valence-electron chi connectivity index (χ4n) is 4.47. The second-order valence-electron chi connectivity index (χ2n) is 10.00. The summed E-state index contributed by atoms with van der Waals surface area (Å²) in [5, 5.41) is 11.4. The summed E-state index contributed by atoms with van der Waals surface area (Å²) >= 11 is 6.10. The van der Waals surface area contributed by atoms with Crippen molar-refractivity contribution in [2.75, 3.05) is 13.1 Å². The van der Waals surface area contributed by atoms with Crippen LogP contribution in [0.5, 0.6) is 5.75 Å². The molecule has 0 heterocycles. The minimum absolute atomic E-state index is 0.0341. The van der Waals surface area contributed by atoms with Gasteiger partial charge in [-0.2, -0.15) is 21.6 Å². The zero-order valence-corrected chi connectivity index (χ0v) is 25.6. The Labute approximate surface area is 259 Å². The maximum Gasteiger partial charge on any atom is 0.534 e. The first kappa shape index (κ1) is 33.5. The van der Waals surface area contributed by atoms with Crippen molar-refractivity contribution in [3.8, 4) is 5.75 Å². The third-order valence-corrected chi connectivity index (χ3v) is 9.71. The average molecular weight is 668 g/mol. The number of hydrogen-bond acceptors (Lipinski definition) is 7. The highest BCUT2D eigenvalue weighted by Gasteiger charge is 2.48. The van der Waals surface area contributed by atoms with E-state index in [0.717, 1.165) is 47.4 Å². The van der Waals surface area contributed by atoms with Gasteiger partial charge in [0.15, 0.2) is 0 Å². The first-order valence-electron chi connectivity index (χ1n) is 13.4. The molecule has 0 fully saturated rings. The first-order chi connectivity index (χ1) is 20.7. The van der Waals surface area contributed by atoms with Crippen LogP contribution in [0.15, 0.2) is 113 Å². The van der Waals surface area contributed by atoms with E-state index in [-0.39, 0.29) is 9.79 Å². The van der Waals surface area contributed by atoms with Gasteiger partial charge in [0.2, 0.25) is 9.84 Å². The van der Waals surface area contributed by atoms with Gasteiger partial charge in [-0.15, -0.1) is 0 Å². The van der Waals surface area contributed by atoms with Crippen LogP contribution in [-0.4, -0.2) is 45.4 Å². The number of halogens is 4. The van der Waals surface area contributed by atoms with E-state index >= 15 is 0 Å². The van der Waals surface area contributed by atoms with Gasteiger partial charge in [0.1, 0.15) is 5.75 Å². The van der Waals surface area contributed by atoms with Crippen molar-refractivity contribution >= 4 is 31.6 Å². The van der Waals surface area contributed by atoms with E-state index < -0.39 is 37.3 Å². The molecule has 0 aromatic heterocycles. The van der Waals surface area contributed by atoms with Crippen LogP contribution >= 0.6 is 11.6 Å². The van der Waals surface area contributed by atoms with Gasteiger partial charge >= 0.3 is 15.6 Å². The van der Waals surface area contributed by atoms with Crippen molar-refractivity contribution in [1.29, 1.82) is 0 Å². The van der Waals surface area contributed by atoms with Crippen molar-refractivity contribution in [3.63, 3.8) is 0 Å². The molecule has 13 heteroatoms. The Morgan fingerprint density at radius 1 is 0.795 bits per heavy atom. The number of rotatable bonds is 13. The van der Waals surface area contributed by atoms with Crippen LogP contribution < -0.4 is 4.18 Å². The monoisotopic (exact) mass is 667 g/mol. The topological polar surface area (TPSA) is 101 Å². The van der Waals surface area contributed by atoms with Crippen molar-refractivity contribution in [3.05, 3.63) is 125 Å². The standard InChI is InChI=1S/C31H29ClF3NO6S2/c32-26-10-4-9-25(20-26)30(37)22-36(21-24-6-2-1-3-7-24)19-5-8-23-11-15-28(16-12-23)43(38,39)29-17-13-27(14-18-29)42-44(40,41)31(33,34)35/h1-4,6-7,9-18,20,30,37H,5,8,19,21-22H2/t30-/m1/s1. The maximum atomic E-state index is 13.0. The molecule has 0 aliphatic heterocycles. The third kappa shape index (κ3) is 8.82. The molecule has 4 aromatic rings. The highest BCUT2D eigenvalue weighted by Crippen LogP contribution is 2.29. The number of alkyl halides is 3. The SMILES string of the molecule is O=S(=O)(c1ccc(CCCN(Cc2ccccc2)C[C@@H](O)c2cccc(Cl)c2)cc1)c1ccc(OS(=O)(=O)C(F)(F)F)cc1. The molecule has 0 unspecified atom stereocenters. The molecule has 234 valence electrons. The fraction of sp³-hybridized carbons (Fsp3) is 0.226. The molecule has 0 spiro atoms. The lowest BCUT2D eigenvalue weighted by molar-refractivity contribution is -0.0500. The predicted octanol–water partition coefficient (Wildman–Crippen LogP) is 6.57. The second kappa shape index (κ2) is 14.1. The maximum absolute atomic E-state index is 13.0. The van der Waals surface area contributed by atoms with Crippen molar-refractivity contribution in [1.82, 2.24) is 4.90 Å². The lowest BCUT2D eigenvalue weighted by Gasteiger charge is -2.25. The minimum Gasteiger partial charge on any atom is -0.387 e. The summed E-state index contributed by atoms with van der Waals surface area (Å²) < 4.78 is 90.1. The van der Waals surface area contributed by atoms with Crippen molar-refractivity contribution in [2.24, 2.45) is 0 Å². The Morgan fingerprint density at radius 3 is 2.00 bits per heavy atom. The predicted molar refractivity (Wildman–Crippen MR) is 160 cm³/mol. The van der Waals surface area contributed by atoms with Crippen LogP contribution in [0.3, 0.4) is 0 Å². The van der Waals surface area contributed by atoms with Gasteiger partial charge in [-0.1, -0.05) is 66.2 Å². The number of benzene rings is 4. The Kier molecular flexibility index (Phi) is 10.7. The van der Waals surface area contributed by atoms with E-state index in [9.17, 15) is 35.1 Å². The number of nitrogens with zero attached hydrogens (tertiary/aromatic N) is 1. The molecular weight excluding hydrogens is 639 g/mol. The molecule has 0 saturated heterocycles. The average Bonchev–Trinajstić information content (AvgIpc) is 2.97. The Morgan fingerprint density at radius 2 is 1.41 bits per heavy atom. The Bertz CT molecular complexity index is 1750. The Hall–Kier alpha value is -3.42. The molecule has 0 aliphatic carbocycles. The first-order valence-corrected chi connectivity index (χ1v) is 16.7. The smallest absolute Gasteiger partial charge is 0.387 e. The summed E-state index contributed by atoms with van der Waals surface area (Å²) in [4.78, 5) is 1.87. The molecule has 0 bridgehead atoms. The highest BCUT2D eigenvalue weighted by atomic mass is 35.5. The van der Waals surface area contributed by atoms with Crippen LogP contribution in [0.25, 0.3) is 0 Å². The molecular formula is C31H29ClF3NO6S2. The molecule has 44 heavy (non-hydrogen) atoms. The number of hydrogen-bond donors (Lipinski definition) is 1. The molecule has 4 rings (SSSR count). The van der Waals surface area contributed by atoms with E-state index in [1.54, 1.807) is 30.3 Å². The van der Waals surface area contributed by atoms with Crippen LogP contribution in [-0.2, 0) is 32.9 Å². The molecule has 1 atom stereocenters. The molecule has 7 nitrogen and oxygen atoms in total. The van der Waals surface area contributed by atoms with Crippen LogP contribution in [0, 0.1) is 0 Å². The van der Waals surface area contributed by atoms with E-state index in [0.29, 0.717) is 31.1 Å². The largest absolute Gasteiger partial charge is 0.534 e. The zero-order chi connectivity index (χ0) is 32.0. The van der Waals surface area contributed by atoms with Gasteiger partial charge in [0.25, 0.3) is 0 Å². The summed E-state index contributed by atoms with van der Waals surface area (Å²) in [6.07, 6.45) is 0.624. The number of aliphatic hydroxyl groups is 1. The quantitative estimate of drug-likeness (QED) is 0.127.